The van der Waals surface area contributed by atoms with Crippen molar-refractivity contribution in [2.45, 2.75) is 25.8 Å². The first-order valence-corrected chi connectivity index (χ1v) is 8.91. The van der Waals surface area contributed by atoms with Crippen LogP contribution in [-0.2, 0) is 11.3 Å². The minimum absolute atomic E-state index is 0.0132. The van der Waals surface area contributed by atoms with Crippen LogP contribution in [0.5, 0.6) is 0 Å². The second kappa shape index (κ2) is 6.51. The molecule has 1 aliphatic rings. The molecule has 4 nitrogen and oxygen atoms in total. The number of imidazole rings is 1. The van der Waals surface area contributed by atoms with Crippen molar-refractivity contribution >= 4 is 34.2 Å². The Labute approximate surface area is 157 Å². The van der Waals surface area contributed by atoms with Gasteiger partial charge in [0.1, 0.15) is 5.82 Å². The largest absolute Gasteiger partial charge is 0.316 e. The molecular weight excluding hydrogens is 346 g/mol. The number of halogens is 1. The van der Waals surface area contributed by atoms with E-state index in [1.807, 2.05) is 58.9 Å². The van der Waals surface area contributed by atoms with Gasteiger partial charge in [0.25, 0.3) is 0 Å². The molecule has 0 aliphatic carbocycles. The molecule has 5 heteroatoms. The third kappa shape index (κ3) is 2.75. The maximum absolute atomic E-state index is 12.7. The van der Waals surface area contributed by atoms with Crippen molar-refractivity contribution in [3.8, 4) is 12.3 Å². The molecule has 1 aromatic heterocycles. The molecule has 0 N–H and O–H groups in total. The molecule has 2 heterocycles. The topological polar surface area (TPSA) is 38.1 Å². The highest BCUT2D eigenvalue weighted by atomic mass is 35.5. The van der Waals surface area contributed by atoms with Gasteiger partial charge < -0.3 is 9.47 Å². The molecule has 0 radical (unpaired) electrons. The van der Waals surface area contributed by atoms with Crippen molar-refractivity contribution in [3.63, 3.8) is 0 Å². The number of carbonyl (C=O) groups excluding carboxylic acids is 1. The van der Waals surface area contributed by atoms with E-state index in [0.29, 0.717) is 24.5 Å². The molecule has 1 unspecified atom stereocenters. The first-order chi connectivity index (χ1) is 12.6. The Kier molecular flexibility index (Phi) is 4.18. The number of aryl methyl sites for hydroxylation is 1. The molecule has 26 heavy (non-hydrogen) atoms. The van der Waals surface area contributed by atoms with E-state index in [9.17, 15) is 4.79 Å². The summed E-state index contributed by atoms with van der Waals surface area (Å²) in [6.07, 6.45) is 5.99. The van der Waals surface area contributed by atoms with Gasteiger partial charge in [0.2, 0.25) is 5.91 Å². The molecule has 4 rings (SSSR count). The lowest BCUT2D eigenvalue weighted by Crippen LogP contribution is -2.24. The molecule has 1 atom stereocenters. The SMILES string of the molecule is C#CCn1c(C2CC(=O)N(c3ccc(Cl)c(C)c3)C2)nc2ccccc21. The summed E-state index contributed by atoms with van der Waals surface area (Å²) in [5.74, 6) is 3.69. The Morgan fingerprint density at radius 2 is 2.12 bits per heavy atom. The fourth-order valence-corrected chi connectivity index (χ4v) is 3.71. The highest BCUT2D eigenvalue weighted by Gasteiger charge is 2.34. The number of anilines is 1. The lowest BCUT2D eigenvalue weighted by molar-refractivity contribution is -0.117. The van der Waals surface area contributed by atoms with Gasteiger partial charge >= 0.3 is 0 Å². The van der Waals surface area contributed by atoms with Crippen LogP contribution in [0.4, 0.5) is 5.69 Å². The van der Waals surface area contributed by atoms with Crippen LogP contribution in [0.3, 0.4) is 0 Å². The van der Waals surface area contributed by atoms with Gasteiger partial charge in [-0.3, -0.25) is 4.79 Å². The van der Waals surface area contributed by atoms with E-state index in [2.05, 4.69) is 5.92 Å². The van der Waals surface area contributed by atoms with Crippen LogP contribution in [0.15, 0.2) is 42.5 Å². The van der Waals surface area contributed by atoms with Crippen LogP contribution in [-0.4, -0.2) is 22.0 Å². The number of fused-ring (bicyclic) bond motifs is 1. The van der Waals surface area contributed by atoms with Crippen LogP contribution >= 0.6 is 11.6 Å². The van der Waals surface area contributed by atoms with Crippen LogP contribution in [0.25, 0.3) is 11.0 Å². The van der Waals surface area contributed by atoms with Crippen LogP contribution in [0.1, 0.15) is 23.7 Å². The average Bonchev–Trinajstić information content (AvgIpc) is 3.19. The molecule has 0 spiro atoms. The van der Waals surface area contributed by atoms with Gasteiger partial charge in [-0.1, -0.05) is 29.7 Å². The van der Waals surface area contributed by atoms with Crippen molar-refractivity contribution < 1.29 is 4.79 Å². The lowest BCUT2D eigenvalue weighted by Gasteiger charge is -2.18. The number of rotatable bonds is 3. The number of terminal acetylenes is 1. The second-order valence-electron chi connectivity index (χ2n) is 6.59. The zero-order valence-electron chi connectivity index (χ0n) is 14.4. The Morgan fingerprint density at radius 3 is 2.88 bits per heavy atom. The number of carbonyl (C=O) groups is 1. The maximum Gasteiger partial charge on any atom is 0.227 e. The Morgan fingerprint density at radius 1 is 1.31 bits per heavy atom. The van der Waals surface area contributed by atoms with E-state index < -0.39 is 0 Å². The van der Waals surface area contributed by atoms with Gasteiger partial charge in [-0.15, -0.1) is 6.42 Å². The highest BCUT2D eigenvalue weighted by Crippen LogP contribution is 2.34. The predicted octanol–water partition coefficient (Wildman–Crippen LogP) is 4.15. The maximum atomic E-state index is 12.7. The second-order valence-corrected chi connectivity index (χ2v) is 7.00. The van der Waals surface area contributed by atoms with Gasteiger partial charge in [0, 0.05) is 29.6 Å². The summed E-state index contributed by atoms with van der Waals surface area (Å²) in [5, 5.41) is 0.702. The van der Waals surface area contributed by atoms with E-state index >= 15 is 0 Å². The van der Waals surface area contributed by atoms with Gasteiger partial charge in [-0.05, 0) is 42.8 Å². The van der Waals surface area contributed by atoms with E-state index in [4.69, 9.17) is 23.0 Å². The van der Waals surface area contributed by atoms with Crippen molar-refractivity contribution in [2.75, 3.05) is 11.4 Å². The smallest absolute Gasteiger partial charge is 0.227 e. The average molecular weight is 364 g/mol. The van der Waals surface area contributed by atoms with Crippen molar-refractivity contribution in [2.24, 2.45) is 0 Å². The van der Waals surface area contributed by atoms with Crippen molar-refractivity contribution in [1.29, 1.82) is 0 Å². The summed E-state index contributed by atoms with van der Waals surface area (Å²) < 4.78 is 2.05. The zero-order valence-corrected chi connectivity index (χ0v) is 15.2. The molecule has 1 fully saturated rings. The van der Waals surface area contributed by atoms with Gasteiger partial charge in [-0.25, -0.2) is 4.98 Å². The summed E-state index contributed by atoms with van der Waals surface area (Å²) in [7, 11) is 0. The standard InChI is InChI=1S/C21H18ClN3O/c1-3-10-24-19-7-5-4-6-18(19)23-21(24)15-12-20(26)25(13-15)16-8-9-17(22)14(2)11-16/h1,4-9,11,15H,10,12-13H2,2H3. The fourth-order valence-electron chi connectivity index (χ4n) is 3.59. The minimum Gasteiger partial charge on any atom is -0.316 e. The predicted molar refractivity (Wildman–Crippen MR) is 104 cm³/mol. The summed E-state index contributed by atoms with van der Waals surface area (Å²) in [5.41, 5.74) is 3.75. The summed E-state index contributed by atoms with van der Waals surface area (Å²) in [4.78, 5) is 19.2. The molecule has 0 saturated carbocycles. The number of amides is 1. The molecular formula is C21H18ClN3O. The monoisotopic (exact) mass is 363 g/mol. The van der Waals surface area contributed by atoms with Crippen LogP contribution < -0.4 is 4.90 Å². The lowest BCUT2D eigenvalue weighted by atomic mass is 10.1. The van der Waals surface area contributed by atoms with Crippen molar-refractivity contribution in [3.05, 3.63) is 58.9 Å². The number of benzene rings is 2. The Bertz CT molecular complexity index is 1050. The van der Waals surface area contributed by atoms with Gasteiger partial charge in [-0.2, -0.15) is 0 Å². The summed E-state index contributed by atoms with van der Waals surface area (Å²) >= 11 is 6.11. The van der Waals surface area contributed by atoms with E-state index in [0.717, 1.165) is 28.1 Å². The quantitative estimate of drug-likeness (QED) is 0.655. The Balaban J connectivity index is 1.71. The summed E-state index contributed by atoms with van der Waals surface area (Å²) in [6.45, 7) is 2.98. The third-order valence-corrected chi connectivity index (χ3v) is 5.30. The first-order valence-electron chi connectivity index (χ1n) is 8.53. The van der Waals surface area contributed by atoms with Crippen molar-refractivity contribution in [1.82, 2.24) is 9.55 Å². The number of aromatic nitrogens is 2. The molecule has 1 aliphatic heterocycles. The molecule has 130 valence electrons. The molecule has 3 aromatic rings. The molecule has 0 bridgehead atoms. The molecule has 1 amide bonds. The highest BCUT2D eigenvalue weighted by molar-refractivity contribution is 6.31. The van der Waals surface area contributed by atoms with E-state index in [1.165, 1.54) is 0 Å². The van der Waals surface area contributed by atoms with Crippen LogP contribution in [0.2, 0.25) is 5.02 Å². The summed E-state index contributed by atoms with van der Waals surface area (Å²) in [6, 6.07) is 13.6. The third-order valence-electron chi connectivity index (χ3n) is 4.88. The van der Waals surface area contributed by atoms with Gasteiger partial charge in [0.05, 0.1) is 17.6 Å². The number of para-hydroxylation sites is 2. The normalized spacial score (nSPS) is 17.0. The Hall–Kier alpha value is -2.77. The number of hydrogen-bond donors (Lipinski definition) is 0. The first kappa shape index (κ1) is 16.7. The zero-order chi connectivity index (χ0) is 18.3. The van der Waals surface area contributed by atoms with E-state index in [-0.39, 0.29) is 11.8 Å². The minimum atomic E-state index is 0.0132. The number of hydrogen-bond acceptors (Lipinski definition) is 2. The molecule has 2 aromatic carbocycles. The number of nitrogens with zero attached hydrogens (tertiary/aromatic N) is 3. The molecule has 1 saturated heterocycles. The fraction of sp³-hybridized carbons (Fsp3) is 0.238. The van der Waals surface area contributed by atoms with Gasteiger partial charge in [0.15, 0.2) is 0 Å². The van der Waals surface area contributed by atoms with Crippen LogP contribution in [0, 0.1) is 19.3 Å². The van der Waals surface area contributed by atoms with E-state index in [1.54, 1.807) is 0 Å².